The Hall–Kier alpha value is -1.90. The highest BCUT2D eigenvalue weighted by molar-refractivity contribution is 5.93. The van der Waals surface area contributed by atoms with Gasteiger partial charge in [0.1, 0.15) is 6.07 Å². The van der Waals surface area contributed by atoms with E-state index in [4.69, 9.17) is 10.00 Å². The highest BCUT2D eigenvalue weighted by Crippen LogP contribution is 2.14. The van der Waals surface area contributed by atoms with Gasteiger partial charge in [-0.15, -0.1) is 0 Å². The smallest absolute Gasteiger partial charge is 0.238 e. The van der Waals surface area contributed by atoms with Gasteiger partial charge in [-0.1, -0.05) is 12.1 Å². The molecular weight excluding hydrogens is 242 g/mol. The third-order valence-corrected chi connectivity index (χ3v) is 3.17. The number of para-hydroxylation sites is 1. The van der Waals surface area contributed by atoms with Gasteiger partial charge in [-0.25, -0.2) is 0 Å². The summed E-state index contributed by atoms with van der Waals surface area (Å²) >= 11 is 0. The van der Waals surface area contributed by atoms with Gasteiger partial charge in [-0.05, 0) is 19.1 Å². The molecule has 1 unspecified atom stereocenters. The van der Waals surface area contributed by atoms with Crippen molar-refractivity contribution in [1.82, 2.24) is 4.90 Å². The number of benzene rings is 1. The van der Waals surface area contributed by atoms with Crippen molar-refractivity contribution in [2.45, 2.75) is 13.0 Å². The molecule has 5 nitrogen and oxygen atoms in total. The van der Waals surface area contributed by atoms with Gasteiger partial charge in [-0.2, -0.15) is 5.26 Å². The van der Waals surface area contributed by atoms with Crippen LogP contribution < -0.4 is 5.32 Å². The number of nitrogens with zero attached hydrogens (tertiary/aromatic N) is 2. The van der Waals surface area contributed by atoms with Crippen molar-refractivity contribution in [3.63, 3.8) is 0 Å². The fourth-order valence-corrected chi connectivity index (χ4v) is 2.06. The molecule has 19 heavy (non-hydrogen) atoms. The Morgan fingerprint density at radius 3 is 3.11 bits per heavy atom. The zero-order valence-electron chi connectivity index (χ0n) is 10.9. The number of carbonyl (C=O) groups is 1. The van der Waals surface area contributed by atoms with Crippen LogP contribution in [0.25, 0.3) is 0 Å². The summed E-state index contributed by atoms with van der Waals surface area (Å²) in [5, 5.41) is 11.8. The van der Waals surface area contributed by atoms with Crippen LogP contribution in [-0.2, 0) is 9.53 Å². The van der Waals surface area contributed by atoms with Gasteiger partial charge >= 0.3 is 0 Å². The van der Waals surface area contributed by atoms with Gasteiger partial charge in [0.2, 0.25) is 5.91 Å². The summed E-state index contributed by atoms with van der Waals surface area (Å²) in [7, 11) is 0. The first-order valence-corrected chi connectivity index (χ1v) is 6.31. The second kappa shape index (κ2) is 6.32. The van der Waals surface area contributed by atoms with Gasteiger partial charge in [0.05, 0.1) is 31.0 Å². The number of amides is 1. The molecule has 1 saturated heterocycles. The summed E-state index contributed by atoms with van der Waals surface area (Å²) in [4.78, 5) is 14.1. The monoisotopic (exact) mass is 259 g/mol. The number of anilines is 1. The van der Waals surface area contributed by atoms with Crippen LogP contribution in [0.4, 0.5) is 5.69 Å². The van der Waals surface area contributed by atoms with Crippen LogP contribution in [0.3, 0.4) is 0 Å². The van der Waals surface area contributed by atoms with Gasteiger partial charge in [-0.3, -0.25) is 9.69 Å². The van der Waals surface area contributed by atoms with E-state index >= 15 is 0 Å². The molecule has 1 aromatic carbocycles. The van der Waals surface area contributed by atoms with Gasteiger partial charge in [0, 0.05) is 12.6 Å². The van der Waals surface area contributed by atoms with Crippen molar-refractivity contribution >= 4 is 11.6 Å². The third-order valence-electron chi connectivity index (χ3n) is 3.17. The van der Waals surface area contributed by atoms with Crippen molar-refractivity contribution in [1.29, 1.82) is 5.26 Å². The van der Waals surface area contributed by atoms with Crippen LogP contribution in [0.15, 0.2) is 24.3 Å². The number of carbonyl (C=O) groups excluding carboxylic acids is 1. The van der Waals surface area contributed by atoms with Crippen molar-refractivity contribution < 1.29 is 9.53 Å². The van der Waals surface area contributed by atoms with Crippen molar-refractivity contribution in [2.24, 2.45) is 0 Å². The molecule has 1 aliphatic heterocycles. The minimum Gasteiger partial charge on any atom is -0.379 e. The fourth-order valence-electron chi connectivity index (χ4n) is 2.06. The fraction of sp³-hybridized carbons (Fsp3) is 0.429. The summed E-state index contributed by atoms with van der Waals surface area (Å²) < 4.78 is 5.33. The number of nitrogens with one attached hydrogen (secondary N) is 1. The maximum Gasteiger partial charge on any atom is 0.238 e. The van der Waals surface area contributed by atoms with Crippen LogP contribution in [0.2, 0.25) is 0 Å². The molecule has 1 amide bonds. The van der Waals surface area contributed by atoms with Gasteiger partial charge in [0.15, 0.2) is 0 Å². The largest absolute Gasteiger partial charge is 0.379 e. The third kappa shape index (κ3) is 3.53. The molecule has 0 spiro atoms. The van der Waals surface area contributed by atoms with E-state index in [1.807, 2.05) is 6.92 Å². The predicted molar refractivity (Wildman–Crippen MR) is 71.6 cm³/mol. The molecule has 100 valence electrons. The van der Waals surface area contributed by atoms with Crippen molar-refractivity contribution in [3.8, 4) is 6.07 Å². The maximum atomic E-state index is 12.0. The molecule has 0 bridgehead atoms. The maximum absolute atomic E-state index is 12.0. The molecule has 0 radical (unpaired) electrons. The molecule has 1 aromatic rings. The molecule has 1 fully saturated rings. The first-order valence-electron chi connectivity index (χ1n) is 6.31. The highest BCUT2D eigenvalue weighted by atomic mass is 16.5. The van der Waals surface area contributed by atoms with E-state index in [0.717, 1.165) is 6.54 Å². The lowest BCUT2D eigenvalue weighted by molar-refractivity contribution is -0.119. The Bertz CT molecular complexity index is 496. The molecule has 0 aliphatic carbocycles. The van der Waals surface area contributed by atoms with E-state index in [-0.39, 0.29) is 11.9 Å². The van der Waals surface area contributed by atoms with Gasteiger partial charge in [0.25, 0.3) is 0 Å². The van der Waals surface area contributed by atoms with Crippen LogP contribution >= 0.6 is 0 Å². The number of rotatable bonds is 3. The summed E-state index contributed by atoms with van der Waals surface area (Å²) in [6, 6.07) is 9.30. The Morgan fingerprint density at radius 1 is 1.58 bits per heavy atom. The van der Waals surface area contributed by atoms with Crippen LogP contribution in [0, 0.1) is 11.3 Å². The highest BCUT2D eigenvalue weighted by Gasteiger charge is 2.21. The SMILES string of the molecule is CC1COCCN1CC(=O)Nc1ccccc1C#N. The summed E-state index contributed by atoms with van der Waals surface area (Å²) in [5.41, 5.74) is 1.04. The molecule has 2 rings (SSSR count). The summed E-state index contributed by atoms with van der Waals surface area (Å²) in [5.74, 6) is -0.101. The lowest BCUT2D eigenvalue weighted by atomic mass is 10.2. The van der Waals surface area contributed by atoms with Crippen LogP contribution in [-0.4, -0.2) is 43.2 Å². The molecule has 1 aliphatic rings. The Labute approximate surface area is 112 Å². The Kier molecular flexibility index (Phi) is 4.50. The molecule has 5 heteroatoms. The van der Waals surface area contributed by atoms with Crippen LogP contribution in [0.5, 0.6) is 0 Å². The average Bonchev–Trinajstić information content (AvgIpc) is 2.42. The number of ether oxygens (including phenoxy) is 1. The zero-order valence-corrected chi connectivity index (χ0v) is 10.9. The lowest BCUT2D eigenvalue weighted by Gasteiger charge is -2.32. The second-order valence-corrected chi connectivity index (χ2v) is 4.60. The van der Waals surface area contributed by atoms with E-state index in [0.29, 0.717) is 31.0 Å². The number of morpholine rings is 1. The van der Waals surface area contributed by atoms with E-state index in [9.17, 15) is 4.79 Å². The number of hydrogen-bond donors (Lipinski definition) is 1. The quantitative estimate of drug-likeness (QED) is 0.886. The molecule has 0 aromatic heterocycles. The zero-order chi connectivity index (χ0) is 13.7. The Balaban J connectivity index is 1.96. The normalized spacial score (nSPS) is 19.7. The van der Waals surface area contributed by atoms with E-state index in [1.165, 1.54) is 0 Å². The number of hydrogen-bond acceptors (Lipinski definition) is 4. The standard InChI is InChI=1S/C14H17N3O2/c1-11-10-19-7-6-17(11)9-14(18)16-13-5-3-2-4-12(13)8-15/h2-5,11H,6-7,9-10H2,1H3,(H,16,18). The minimum atomic E-state index is -0.101. The van der Waals surface area contributed by atoms with E-state index in [1.54, 1.807) is 24.3 Å². The van der Waals surface area contributed by atoms with Gasteiger partial charge < -0.3 is 10.1 Å². The van der Waals surface area contributed by atoms with Crippen LogP contribution in [0.1, 0.15) is 12.5 Å². The molecule has 0 saturated carbocycles. The first-order chi connectivity index (χ1) is 9.20. The predicted octanol–water partition coefficient (Wildman–Crippen LogP) is 1.22. The van der Waals surface area contributed by atoms with Crippen molar-refractivity contribution in [2.75, 3.05) is 31.6 Å². The van der Waals surface area contributed by atoms with Crippen molar-refractivity contribution in [3.05, 3.63) is 29.8 Å². The molecule has 1 atom stereocenters. The Morgan fingerprint density at radius 2 is 2.37 bits per heavy atom. The molecule has 1 heterocycles. The summed E-state index contributed by atoms with van der Waals surface area (Å²) in [6.07, 6.45) is 0. The number of nitriles is 1. The average molecular weight is 259 g/mol. The second-order valence-electron chi connectivity index (χ2n) is 4.60. The first kappa shape index (κ1) is 13.5. The molecule has 1 N–H and O–H groups in total. The molecular formula is C14H17N3O2. The topological polar surface area (TPSA) is 65.4 Å². The summed E-state index contributed by atoms with van der Waals surface area (Å²) in [6.45, 7) is 4.43. The minimum absolute atomic E-state index is 0.101. The van der Waals surface area contributed by atoms with E-state index < -0.39 is 0 Å². The lowest BCUT2D eigenvalue weighted by Crippen LogP contribution is -2.47. The van der Waals surface area contributed by atoms with E-state index in [2.05, 4.69) is 16.3 Å².